The lowest BCUT2D eigenvalue weighted by Crippen LogP contribution is -2.28. The minimum absolute atomic E-state index is 0.103. The van der Waals surface area contributed by atoms with Crippen LogP contribution in [0.15, 0.2) is 48.5 Å². The maximum Gasteiger partial charge on any atom is 0.291 e. The highest BCUT2D eigenvalue weighted by molar-refractivity contribution is 6.30. The number of nitrogens with one attached hydrogen (secondary N) is 1. The Bertz CT molecular complexity index is 826. The van der Waals surface area contributed by atoms with Crippen LogP contribution in [-0.2, 0) is 4.74 Å². The standard InChI is InChI=1S/C19H19ClN4O2/c1-13-3-5-14(6-4-13)18-22-17(19(25)21-11-12-26-2)23-24(18)16-9-7-15(20)8-10-16/h3-10H,11-12H2,1-2H3,(H,21,25). The van der Waals surface area contributed by atoms with Crippen molar-refractivity contribution in [2.24, 2.45) is 0 Å². The lowest BCUT2D eigenvalue weighted by Gasteiger charge is -2.06. The number of hydrogen-bond acceptors (Lipinski definition) is 4. The number of rotatable bonds is 6. The molecule has 0 bridgehead atoms. The summed E-state index contributed by atoms with van der Waals surface area (Å²) in [4.78, 5) is 16.8. The predicted octanol–water partition coefficient (Wildman–Crippen LogP) is 3.27. The van der Waals surface area contributed by atoms with Crippen LogP contribution in [0.3, 0.4) is 0 Å². The number of halogens is 1. The van der Waals surface area contributed by atoms with Gasteiger partial charge in [0.05, 0.1) is 12.3 Å². The second kappa shape index (κ2) is 8.12. The summed E-state index contributed by atoms with van der Waals surface area (Å²) < 4.78 is 6.59. The van der Waals surface area contributed by atoms with Gasteiger partial charge in [-0.25, -0.2) is 9.67 Å². The summed E-state index contributed by atoms with van der Waals surface area (Å²) in [5, 5.41) is 7.76. The summed E-state index contributed by atoms with van der Waals surface area (Å²) >= 11 is 5.98. The molecule has 6 nitrogen and oxygen atoms in total. The van der Waals surface area contributed by atoms with Gasteiger partial charge in [0.2, 0.25) is 5.82 Å². The Kier molecular flexibility index (Phi) is 5.65. The molecule has 0 aliphatic rings. The Morgan fingerprint density at radius 1 is 1.15 bits per heavy atom. The van der Waals surface area contributed by atoms with Gasteiger partial charge >= 0.3 is 0 Å². The summed E-state index contributed by atoms with van der Waals surface area (Å²) in [6, 6.07) is 15.1. The largest absolute Gasteiger partial charge is 0.383 e. The molecule has 1 amide bonds. The topological polar surface area (TPSA) is 69.0 Å². The van der Waals surface area contributed by atoms with E-state index in [-0.39, 0.29) is 11.7 Å². The molecule has 1 aromatic heterocycles. The highest BCUT2D eigenvalue weighted by atomic mass is 35.5. The molecule has 0 aliphatic carbocycles. The van der Waals surface area contributed by atoms with E-state index in [0.29, 0.717) is 24.0 Å². The molecule has 26 heavy (non-hydrogen) atoms. The third-order valence-electron chi connectivity index (χ3n) is 3.78. The van der Waals surface area contributed by atoms with Crippen LogP contribution in [0, 0.1) is 6.92 Å². The number of benzene rings is 2. The van der Waals surface area contributed by atoms with E-state index in [9.17, 15) is 4.79 Å². The Balaban J connectivity index is 2.01. The van der Waals surface area contributed by atoms with Crippen LogP contribution < -0.4 is 5.32 Å². The Hall–Kier alpha value is -2.70. The molecule has 0 aliphatic heterocycles. The number of hydrogen-bond donors (Lipinski definition) is 1. The smallest absolute Gasteiger partial charge is 0.291 e. The second-order valence-corrected chi connectivity index (χ2v) is 6.20. The molecule has 1 heterocycles. The average Bonchev–Trinajstić information content (AvgIpc) is 3.08. The molecule has 0 unspecified atom stereocenters. The van der Waals surface area contributed by atoms with Gasteiger partial charge in [-0.2, -0.15) is 0 Å². The monoisotopic (exact) mass is 370 g/mol. The molecule has 0 radical (unpaired) electrons. The molecule has 7 heteroatoms. The van der Waals surface area contributed by atoms with Crippen LogP contribution in [0.1, 0.15) is 16.2 Å². The number of carbonyl (C=O) groups excluding carboxylic acids is 1. The minimum atomic E-state index is -0.344. The average molecular weight is 371 g/mol. The lowest BCUT2D eigenvalue weighted by molar-refractivity contribution is 0.0927. The molecule has 3 rings (SSSR count). The van der Waals surface area contributed by atoms with E-state index in [1.807, 2.05) is 43.3 Å². The normalized spacial score (nSPS) is 10.7. The first-order chi connectivity index (χ1) is 12.6. The Labute approximate surface area is 156 Å². The van der Waals surface area contributed by atoms with Gasteiger partial charge in [0.1, 0.15) is 0 Å². The summed E-state index contributed by atoms with van der Waals surface area (Å²) in [5.41, 5.74) is 2.78. The van der Waals surface area contributed by atoms with Crippen molar-refractivity contribution in [1.82, 2.24) is 20.1 Å². The van der Waals surface area contributed by atoms with Crippen molar-refractivity contribution in [1.29, 1.82) is 0 Å². The van der Waals surface area contributed by atoms with Crippen LogP contribution in [0.25, 0.3) is 17.1 Å². The number of ether oxygens (including phenoxy) is 1. The van der Waals surface area contributed by atoms with Gasteiger partial charge in [0, 0.05) is 24.2 Å². The van der Waals surface area contributed by atoms with E-state index >= 15 is 0 Å². The number of methoxy groups -OCH3 is 1. The molecule has 2 aromatic carbocycles. The van der Waals surface area contributed by atoms with Crippen LogP contribution >= 0.6 is 11.6 Å². The second-order valence-electron chi connectivity index (χ2n) is 5.76. The molecule has 0 fully saturated rings. The molecule has 3 aromatic rings. The van der Waals surface area contributed by atoms with E-state index in [4.69, 9.17) is 16.3 Å². The van der Waals surface area contributed by atoms with Crippen molar-refractivity contribution in [2.75, 3.05) is 20.3 Å². The zero-order valence-corrected chi connectivity index (χ0v) is 15.3. The third-order valence-corrected chi connectivity index (χ3v) is 4.03. The number of amides is 1. The maximum atomic E-state index is 12.3. The zero-order valence-electron chi connectivity index (χ0n) is 14.6. The molecule has 0 saturated heterocycles. The fraction of sp³-hybridized carbons (Fsp3) is 0.211. The number of nitrogens with zero attached hydrogens (tertiary/aromatic N) is 3. The van der Waals surface area contributed by atoms with Gasteiger partial charge in [-0.15, -0.1) is 5.10 Å². The minimum Gasteiger partial charge on any atom is -0.383 e. The van der Waals surface area contributed by atoms with Crippen LogP contribution in [-0.4, -0.2) is 40.9 Å². The first-order valence-electron chi connectivity index (χ1n) is 8.15. The SMILES string of the molecule is COCCNC(=O)c1nc(-c2ccc(C)cc2)n(-c2ccc(Cl)cc2)n1. The van der Waals surface area contributed by atoms with Crippen molar-refractivity contribution >= 4 is 17.5 Å². The van der Waals surface area contributed by atoms with Crippen LogP contribution in [0.4, 0.5) is 0 Å². The molecular formula is C19H19ClN4O2. The van der Waals surface area contributed by atoms with Gasteiger partial charge in [-0.3, -0.25) is 4.79 Å². The highest BCUT2D eigenvalue weighted by Crippen LogP contribution is 2.22. The third kappa shape index (κ3) is 4.09. The van der Waals surface area contributed by atoms with Crippen molar-refractivity contribution in [3.05, 3.63) is 64.9 Å². The summed E-state index contributed by atoms with van der Waals surface area (Å²) in [7, 11) is 1.58. The van der Waals surface area contributed by atoms with E-state index in [1.54, 1.807) is 23.9 Å². The van der Waals surface area contributed by atoms with E-state index < -0.39 is 0 Å². The first kappa shape index (κ1) is 18.1. The van der Waals surface area contributed by atoms with E-state index in [2.05, 4.69) is 15.4 Å². The molecule has 0 spiro atoms. The zero-order chi connectivity index (χ0) is 18.5. The quantitative estimate of drug-likeness (QED) is 0.676. The van der Waals surface area contributed by atoms with Crippen molar-refractivity contribution in [2.45, 2.75) is 6.92 Å². The maximum absolute atomic E-state index is 12.3. The summed E-state index contributed by atoms with van der Waals surface area (Å²) in [6.07, 6.45) is 0. The van der Waals surface area contributed by atoms with E-state index in [1.165, 1.54) is 0 Å². The lowest BCUT2D eigenvalue weighted by atomic mass is 10.1. The molecule has 0 atom stereocenters. The number of carbonyl (C=O) groups is 1. The molecule has 0 saturated carbocycles. The summed E-state index contributed by atoms with van der Waals surface area (Å²) in [5.74, 6) is 0.346. The van der Waals surface area contributed by atoms with Crippen LogP contribution in [0.5, 0.6) is 0 Å². The van der Waals surface area contributed by atoms with Gasteiger partial charge in [0.25, 0.3) is 5.91 Å². The fourth-order valence-electron chi connectivity index (χ4n) is 2.41. The van der Waals surface area contributed by atoms with Gasteiger partial charge < -0.3 is 10.1 Å². The van der Waals surface area contributed by atoms with Crippen molar-refractivity contribution < 1.29 is 9.53 Å². The highest BCUT2D eigenvalue weighted by Gasteiger charge is 2.18. The Morgan fingerprint density at radius 3 is 2.50 bits per heavy atom. The molecule has 1 N–H and O–H groups in total. The van der Waals surface area contributed by atoms with E-state index in [0.717, 1.165) is 16.8 Å². The van der Waals surface area contributed by atoms with Gasteiger partial charge in [-0.1, -0.05) is 41.4 Å². The van der Waals surface area contributed by atoms with Crippen LogP contribution in [0.2, 0.25) is 5.02 Å². The van der Waals surface area contributed by atoms with Gasteiger partial charge in [-0.05, 0) is 31.2 Å². The molecular weight excluding hydrogens is 352 g/mol. The predicted molar refractivity (Wildman–Crippen MR) is 101 cm³/mol. The van der Waals surface area contributed by atoms with Crippen molar-refractivity contribution in [3.8, 4) is 17.1 Å². The summed E-state index contributed by atoms with van der Waals surface area (Å²) in [6.45, 7) is 2.83. The fourth-order valence-corrected chi connectivity index (χ4v) is 2.53. The molecule has 134 valence electrons. The van der Waals surface area contributed by atoms with Gasteiger partial charge in [0.15, 0.2) is 5.82 Å². The number of aryl methyl sites for hydroxylation is 1. The number of aromatic nitrogens is 3. The first-order valence-corrected chi connectivity index (χ1v) is 8.53. The van der Waals surface area contributed by atoms with Crippen molar-refractivity contribution in [3.63, 3.8) is 0 Å². The Morgan fingerprint density at radius 2 is 1.85 bits per heavy atom.